The fourth-order valence-electron chi connectivity index (χ4n) is 0.530. The molecule has 0 fully saturated rings. The van der Waals surface area contributed by atoms with Gasteiger partial charge in [0, 0.05) is 0 Å². The Morgan fingerprint density at radius 3 is 2.44 bits per heavy atom. The van der Waals surface area contributed by atoms with Crippen molar-refractivity contribution in [2.75, 3.05) is 0 Å². The highest BCUT2D eigenvalue weighted by molar-refractivity contribution is 4.71. The van der Waals surface area contributed by atoms with Crippen LogP contribution in [0.15, 0.2) is 12.7 Å². The van der Waals surface area contributed by atoms with Crippen LogP contribution >= 0.6 is 0 Å². The molecule has 0 spiro atoms. The van der Waals surface area contributed by atoms with Crippen LogP contribution in [0, 0.1) is 0 Å². The average molecular weight is 130 g/mol. The van der Waals surface area contributed by atoms with E-state index in [0.717, 1.165) is 6.42 Å². The summed E-state index contributed by atoms with van der Waals surface area (Å²) in [7, 11) is 0. The minimum Gasteiger partial charge on any atom is -0.391 e. The molecular formula is C7H14O2. The van der Waals surface area contributed by atoms with E-state index >= 15 is 0 Å². The number of hydrogen-bond acceptors (Lipinski definition) is 2. The van der Waals surface area contributed by atoms with Gasteiger partial charge in [-0.15, -0.1) is 6.58 Å². The lowest BCUT2D eigenvalue weighted by atomic mass is 10.1. The van der Waals surface area contributed by atoms with E-state index in [-0.39, 0.29) is 0 Å². The van der Waals surface area contributed by atoms with Gasteiger partial charge in [0.05, 0.1) is 12.2 Å². The zero-order valence-corrected chi connectivity index (χ0v) is 5.75. The lowest BCUT2D eigenvalue weighted by Crippen LogP contribution is -2.21. The maximum absolute atomic E-state index is 8.96. The van der Waals surface area contributed by atoms with Crippen LogP contribution in [-0.4, -0.2) is 22.4 Å². The van der Waals surface area contributed by atoms with Gasteiger partial charge in [0.2, 0.25) is 0 Å². The molecular weight excluding hydrogens is 116 g/mol. The van der Waals surface area contributed by atoms with Crippen molar-refractivity contribution >= 4 is 0 Å². The first kappa shape index (κ1) is 8.66. The third-order valence-corrected chi connectivity index (χ3v) is 1.22. The Hall–Kier alpha value is -0.340. The Balaban J connectivity index is 3.26. The monoisotopic (exact) mass is 130 g/mol. The van der Waals surface area contributed by atoms with E-state index in [2.05, 4.69) is 6.58 Å². The van der Waals surface area contributed by atoms with Gasteiger partial charge in [0.15, 0.2) is 0 Å². The van der Waals surface area contributed by atoms with Gasteiger partial charge in [-0.2, -0.15) is 0 Å². The van der Waals surface area contributed by atoms with Gasteiger partial charge in [0.1, 0.15) is 0 Å². The van der Waals surface area contributed by atoms with E-state index in [1.54, 1.807) is 13.0 Å². The van der Waals surface area contributed by atoms with Gasteiger partial charge in [-0.3, -0.25) is 0 Å². The Morgan fingerprint density at radius 2 is 2.11 bits per heavy atom. The SMILES string of the molecule is C=CCCC(O)C(C)O. The molecule has 0 amide bonds. The Labute approximate surface area is 55.8 Å². The van der Waals surface area contributed by atoms with Gasteiger partial charge in [-0.25, -0.2) is 0 Å². The molecule has 0 radical (unpaired) electrons. The maximum atomic E-state index is 8.96. The Bertz CT molecular complexity index is 79.0. The summed E-state index contributed by atoms with van der Waals surface area (Å²) in [6.45, 7) is 5.08. The minimum absolute atomic E-state index is 0.594. The molecule has 2 unspecified atom stereocenters. The van der Waals surface area contributed by atoms with Gasteiger partial charge in [-0.05, 0) is 19.8 Å². The molecule has 0 heterocycles. The third-order valence-electron chi connectivity index (χ3n) is 1.22. The first-order valence-electron chi connectivity index (χ1n) is 3.15. The summed E-state index contributed by atoms with van der Waals surface area (Å²) in [6, 6.07) is 0. The molecule has 0 aromatic carbocycles. The molecule has 2 nitrogen and oxygen atoms in total. The summed E-state index contributed by atoms with van der Waals surface area (Å²) < 4.78 is 0. The zero-order chi connectivity index (χ0) is 7.28. The van der Waals surface area contributed by atoms with Gasteiger partial charge in [-0.1, -0.05) is 6.08 Å². The molecule has 2 atom stereocenters. The van der Waals surface area contributed by atoms with Crippen molar-refractivity contribution in [3.63, 3.8) is 0 Å². The standard InChI is InChI=1S/C7H14O2/c1-3-4-5-7(9)6(2)8/h3,6-9H,1,4-5H2,2H3. The number of aliphatic hydroxyl groups excluding tert-OH is 2. The van der Waals surface area contributed by atoms with Crippen LogP contribution in [0.1, 0.15) is 19.8 Å². The van der Waals surface area contributed by atoms with Crippen LogP contribution in [0.4, 0.5) is 0 Å². The number of hydrogen-bond donors (Lipinski definition) is 2. The van der Waals surface area contributed by atoms with E-state index < -0.39 is 12.2 Å². The number of allylic oxidation sites excluding steroid dienone is 1. The highest BCUT2D eigenvalue weighted by Crippen LogP contribution is 2.01. The van der Waals surface area contributed by atoms with E-state index in [9.17, 15) is 0 Å². The Kier molecular flexibility index (Phi) is 4.36. The molecule has 0 rings (SSSR count). The summed E-state index contributed by atoms with van der Waals surface area (Å²) >= 11 is 0. The van der Waals surface area contributed by atoms with Gasteiger partial charge in [0.25, 0.3) is 0 Å². The fourth-order valence-corrected chi connectivity index (χ4v) is 0.530. The predicted octanol–water partition coefficient (Wildman–Crippen LogP) is 0.694. The molecule has 2 heteroatoms. The van der Waals surface area contributed by atoms with Crippen LogP contribution in [0.2, 0.25) is 0 Å². The molecule has 2 N–H and O–H groups in total. The lowest BCUT2D eigenvalue weighted by Gasteiger charge is -2.10. The second-order valence-electron chi connectivity index (χ2n) is 2.17. The molecule has 0 aromatic heterocycles. The largest absolute Gasteiger partial charge is 0.391 e. The van der Waals surface area contributed by atoms with Crippen LogP contribution in [-0.2, 0) is 0 Å². The van der Waals surface area contributed by atoms with Gasteiger partial charge >= 0.3 is 0 Å². The summed E-state index contributed by atoms with van der Waals surface area (Å²) in [4.78, 5) is 0. The molecule has 0 aliphatic rings. The quantitative estimate of drug-likeness (QED) is 0.550. The molecule has 0 saturated carbocycles. The first-order chi connectivity index (χ1) is 4.18. The lowest BCUT2D eigenvalue weighted by molar-refractivity contribution is 0.0269. The molecule has 0 aliphatic heterocycles. The predicted molar refractivity (Wildman–Crippen MR) is 37.1 cm³/mol. The summed E-state index contributed by atoms with van der Waals surface area (Å²) in [5, 5.41) is 17.7. The van der Waals surface area contributed by atoms with Crippen LogP contribution in [0.3, 0.4) is 0 Å². The van der Waals surface area contributed by atoms with Crippen molar-refractivity contribution in [2.24, 2.45) is 0 Å². The fraction of sp³-hybridized carbons (Fsp3) is 0.714. The summed E-state index contributed by atoms with van der Waals surface area (Å²) in [6.07, 6.45) is 1.87. The molecule has 0 saturated heterocycles. The van der Waals surface area contributed by atoms with Crippen molar-refractivity contribution in [3.8, 4) is 0 Å². The van der Waals surface area contributed by atoms with Crippen molar-refractivity contribution < 1.29 is 10.2 Å². The van der Waals surface area contributed by atoms with Crippen molar-refractivity contribution in [2.45, 2.75) is 32.0 Å². The normalized spacial score (nSPS) is 16.8. The molecule has 0 bridgehead atoms. The molecule has 0 aliphatic carbocycles. The van der Waals surface area contributed by atoms with Crippen LogP contribution in [0.25, 0.3) is 0 Å². The van der Waals surface area contributed by atoms with Crippen LogP contribution in [0.5, 0.6) is 0 Å². The van der Waals surface area contributed by atoms with E-state index in [0.29, 0.717) is 6.42 Å². The van der Waals surface area contributed by atoms with E-state index in [1.165, 1.54) is 0 Å². The van der Waals surface area contributed by atoms with Crippen molar-refractivity contribution in [1.29, 1.82) is 0 Å². The van der Waals surface area contributed by atoms with Crippen molar-refractivity contribution in [1.82, 2.24) is 0 Å². The number of aliphatic hydroxyl groups is 2. The summed E-state index contributed by atoms with van der Waals surface area (Å²) in [5.74, 6) is 0. The van der Waals surface area contributed by atoms with Gasteiger partial charge < -0.3 is 10.2 Å². The molecule has 54 valence electrons. The zero-order valence-electron chi connectivity index (χ0n) is 5.75. The smallest absolute Gasteiger partial charge is 0.0799 e. The summed E-state index contributed by atoms with van der Waals surface area (Å²) in [5.41, 5.74) is 0. The topological polar surface area (TPSA) is 40.5 Å². The second kappa shape index (κ2) is 4.53. The Morgan fingerprint density at radius 1 is 1.56 bits per heavy atom. The van der Waals surface area contributed by atoms with Crippen LogP contribution < -0.4 is 0 Å². The average Bonchev–Trinajstić information content (AvgIpc) is 1.82. The van der Waals surface area contributed by atoms with E-state index in [1.807, 2.05) is 0 Å². The minimum atomic E-state index is -0.620. The molecule has 9 heavy (non-hydrogen) atoms. The highest BCUT2D eigenvalue weighted by atomic mass is 16.3. The number of rotatable bonds is 4. The van der Waals surface area contributed by atoms with E-state index in [4.69, 9.17) is 10.2 Å². The van der Waals surface area contributed by atoms with Crippen molar-refractivity contribution in [3.05, 3.63) is 12.7 Å². The third kappa shape index (κ3) is 4.18. The molecule has 0 aromatic rings. The first-order valence-corrected chi connectivity index (χ1v) is 3.15. The second-order valence-corrected chi connectivity index (χ2v) is 2.17. The highest BCUT2D eigenvalue weighted by Gasteiger charge is 2.07. The maximum Gasteiger partial charge on any atom is 0.0799 e.